The van der Waals surface area contributed by atoms with Gasteiger partial charge in [0, 0.05) is 53.5 Å². The summed E-state index contributed by atoms with van der Waals surface area (Å²) >= 11 is 1.88. The quantitative estimate of drug-likeness (QED) is 0.200. The minimum Gasteiger partial charge on any atom is -0.456 e. The van der Waals surface area contributed by atoms with Crippen LogP contribution in [0.1, 0.15) is 0 Å². The standard InChI is InChI=1S/C42H25NOS/c1-4-13-37-31(8-1)35-24-36-32-9-2-5-14-39(32)44-40(36)25-38(35)43(37)29-22-20-27(21-23-29)26-16-18-28(19-17-26)30-11-7-12-34-33-10-3-6-15-41(33)45-42(30)34/h1-25H. The lowest BCUT2D eigenvalue weighted by atomic mass is 9.99. The lowest BCUT2D eigenvalue weighted by Gasteiger charge is -2.10. The first-order chi connectivity index (χ1) is 22.3. The van der Waals surface area contributed by atoms with Crippen LogP contribution in [-0.4, -0.2) is 4.57 Å². The maximum atomic E-state index is 6.29. The molecule has 0 radical (unpaired) electrons. The smallest absolute Gasteiger partial charge is 0.137 e. The zero-order valence-electron chi connectivity index (χ0n) is 24.2. The first-order valence-corrected chi connectivity index (χ1v) is 16.1. The van der Waals surface area contributed by atoms with E-state index in [4.69, 9.17) is 4.42 Å². The lowest BCUT2D eigenvalue weighted by Crippen LogP contribution is -1.93. The second kappa shape index (κ2) is 9.43. The van der Waals surface area contributed by atoms with Gasteiger partial charge in [0.05, 0.1) is 11.0 Å². The Balaban J connectivity index is 1.05. The van der Waals surface area contributed by atoms with E-state index in [2.05, 4.69) is 144 Å². The van der Waals surface area contributed by atoms with Gasteiger partial charge in [-0.05, 0) is 58.7 Å². The highest BCUT2D eigenvalue weighted by atomic mass is 32.1. The van der Waals surface area contributed by atoms with Crippen molar-refractivity contribution in [1.29, 1.82) is 0 Å². The molecule has 3 aromatic heterocycles. The minimum atomic E-state index is 0.913. The largest absolute Gasteiger partial charge is 0.456 e. The molecule has 10 aromatic rings. The van der Waals surface area contributed by atoms with Crippen LogP contribution in [0.15, 0.2) is 156 Å². The number of nitrogens with zero attached hydrogens (tertiary/aromatic N) is 1. The van der Waals surface area contributed by atoms with E-state index in [1.165, 1.54) is 58.7 Å². The number of thiophene rings is 1. The number of furan rings is 1. The Kier molecular flexibility index (Phi) is 5.19. The molecule has 0 aliphatic heterocycles. The molecule has 0 bridgehead atoms. The van der Waals surface area contributed by atoms with Gasteiger partial charge in [0.25, 0.3) is 0 Å². The first-order valence-electron chi connectivity index (χ1n) is 15.3. The molecule has 0 aliphatic rings. The van der Waals surface area contributed by atoms with Crippen LogP contribution in [0.5, 0.6) is 0 Å². The van der Waals surface area contributed by atoms with Crippen molar-refractivity contribution in [2.75, 3.05) is 0 Å². The van der Waals surface area contributed by atoms with Crippen LogP contribution in [0, 0.1) is 0 Å². The number of aromatic nitrogens is 1. The highest BCUT2D eigenvalue weighted by Gasteiger charge is 2.16. The number of hydrogen-bond donors (Lipinski definition) is 0. The second-order valence-corrected chi connectivity index (χ2v) is 12.8. The molecule has 0 unspecified atom stereocenters. The number of rotatable bonds is 3. The molecule has 0 saturated heterocycles. The van der Waals surface area contributed by atoms with Crippen molar-refractivity contribution in [3.05, 3.63) is 152 Å². The Labute approximate surface area is 263 Å². The molecule has 3 heteroatoms. The average Bonchev–Trinajstić information content (AvgIpc) is 3.76. The Bertz CT molecular complexity index is 2740. The van der Waals surface area contributed by atoms with Gasteiger partial charge in [0.2, 0.25) is 0 Å². The van der Waals surface area contributed by atoms with Crippen LogP contribution in [0.25, 0.3) is 91.9 Å². The Morgan fingerprint density at radius 1 is 0.422 bits per heavy atom. The summed E-state index contributed by atoms with van der Waals surface area (Å²) in [5.74, 6) is 0. The lowest BCUT2D eigenvalue weighted by molar-refractivity contribution is 0.669. The van der Waals surface area contributed by atoms with E-state index in [-0.39, 0.29) is 0 Å². The molecular formula is C42H25NOS. The van der Waals surface area contributed by atoms with Crippen LogP contribution in [0.2, 0.25) is 0 Å². The number of hydrogen-bond acceptors (Lipinski definition) is 2. The van der Waals surface area contributed by atoms with Crippen LogP contribution < -0.4 is 0 Å². The third-order valence-electron chi connectivity index (χ3n) is 9.23. The minimum absolute atomic E-state index is 0.913. The van der Waals surface area contributed by atoms with Crippen LogP contribution >= 0.6 is 11.3 Å². The van der Waals surface area contributed by atoms with Crippen molar-refractivity contribution in [3.63, 3.8) is 0 Å². The molecule has 0 atom stereocenters. The van der Waals surface area contributed by atoms with Gasteiger partial charge < -0.3 is 8.98 Å². The molecule has 210 valence electrons. The number of benzene rings is 7. The monoisotopic (exact) mass is 591 g/mol. The molecule has 7 aromatic carbocycles. The number of para-hydroxylation sites is 2. The van der Waals surface area contributed by atoms with Crippen molar-refractivity contribution >= 4 is 75.3 Å². The molecule has 0 amide bonds. The third kappa shape index (κ3) is 3.68. The highest BCUT2D eigenvalue weighted by molar-refractivity contribution is 7.26. The Morgan fingerprint density at radius 2 is 1.09 bits per heavy atom. The fourth-order valence-corrected chi connectivity index (χ4v) is 8.32. The summed E-state index contributed by atoms with van der Waals surface area (Å²) in [5.41, 5.74) is 10.3. The van der Waals surface area contributed by atoms with E-state index in [1.807, 2.05) is 23.5 Å². The van der Waals surface area contributed by atoms with Crippen LogP contribution in [0.4, 0.5) is 0 Å². The molecule has 0 spiro atoms. The number of fused-ring (bicyclic) bond motifs is 9. The van der Waals surface area contributed by atoms with Gasteiger partial charge in [-0.25, -0.2) is 0 Å². The van der Waals surface area contributed by atoms with Gasteiger partial charge in [-0.1, -0.05) is 109 Å². The zero-order chi connectivity index (χ0) is 29.5. The van der Waals surface area contributed by atoms with E-state index in [1.54, 1.807) is 0 Å². The summed E-state index contributed by atoms with van der Waals surface area (Å²) in [5, 5.41) is 7.46. The normalized spacial score (nSPS) is 12.0. The van der Waals surface area contributed by atoms with Gasteiger partial charge in [-0.15, -0.1) is 11.3 Å². The second-order valence-electron chi connectivity index (χ2n) is 11.7. The van der Waals surface area contributed by atoms with Crippen molar-refractivity contribution in [1.82, 2.24) is 4.57 Å². The van der Waals surface area contributed by atoms with E-state index < -0.39 is 0 Å². The third-order valence-corrected chi connectivity index (χ3v) is 10.4. The molecule has 3 heterocycles. The Morgan fingerprint density at radius 3 is 1.93 bits per heavy atom. The van der Waals surface area contributed by atoms with E-state index in [0.717, 1.165) is 33.1 Å². The summed E-state index contributed by atoms with van der Waals surface area (Å²) in [4.78, 5) is 0. The van der Waals surface area contributed by atoms with Gasteiger partial charge in [0.15, 0.2) is 0 Å². The molecule has 0 saturated carbocycles. The summed E-state index contributed by atoms with van der Waals surface area (Å²) in [7, 11) is 0. The summed E-state index contributed by atoms with van der Waals surface area (Å²) in [6, 6.07) is 54.7. The van der Waals surface area contributed by atoms with Crippen LogP contribution in [0.3, 0.4) is 0 Å². The molecule has 2 nitrogen and oxygen atoms in total. The summed E-state index contributed by atoms with van der Waals surface area (Å²) in [6.07, 6.45) is 0. The van der Waals surface area contributed by atoms with Crippen molar-refractivity contribution in [3.8, 4) is 27.9 Å². The molecule has 0 aliphatic carbocycles. The van der Waals surface area contributed by atoms with Crippen molar-refractivity contribution in [2.24, 2.45) is 0 Å². The molecule has 0 fully saturated rings. The molecule has 0 N–H and O–H groups in total. The van der Waals surface area contributed by atoms with Gasteiger partial charge in [-0.2, -0.15) is 0 Å². The molecule has 10 rings (SSSR count). The average molecular weight is 592 g/mol. The van der Waals surface area contributed by atoms with Crippen molar-refractivity contribution in [2.45, 2.75) is 0 Å². The molecule has 45 heavy (non-hydrogen) atoms. The van der Waals surface area contributed by atoms with Crippen LogP contribution in [-0.2, 0) is 0 Å². The predicted molar refractivity (Wildman–Crippen MR) is 192 cm³/mol. The summed E-state index contributed by atoms with van der Waals surface area (Å²) < 4.78 is 11.3. The highest BCUT2D eigenvalue weighted by Crippen LogP contribution is 2.41. The Hall–Kier alpha value is -5.64. The predicted octanol–water partition coefficient (Wildman–Crippen LogP) is 12.4. The topological polar surface area (TPSA) is 18.1 Å². The SMILES string of the molecule is c1ccc2c(c1)oc1cc3c(cc12)c1ccccc1n3-c1ccc(-c2ccc(-c3cccc4c3sc3ccccc34)cc2)cc1. The van der Waals surface area contributed by atoms with E-state index >= 15 is 0 Å². The van der Waals surface area contributed by atoms with Gasteiger partial charge in [-0.3, -0.25) is 0 Å². The maximum Gasteiger partial charge on any atom is 0.137 e. The van der Waals surface area contributed by atoms with Gasteiger partial charge >= 0.3 is 0 Å². The van der Waals surface area contributed by atoms with Gasteiger partial charge in [0.1, 0.15) is 11.2 Å². The van der Waals surface area contributed by atoms with Crippen molar-refractivity contribution < 1.29 is 4.42 Å². The molecular weight excluding hydrogens is 567 g/mol. The summed E-state index contributed by atoms with van der Waals surface area (Å²) in [6.45, 7) is 0. The fourth-order valence-electron chi connectivity index (χ4n) is 7.09. The fraction of sp³-hybridized carbons (Fsp3) is 0. The van der Waals surface area contributed by atoms with E-state index in [9.17, 15) is 0 Å². The van der Waals surface area contributed by atoms with E-state index in [0.29, 0.717) is 0 Å². The maximum absolute atomic E-state index is 6.29. The first kappa shape index (κ1) is 24.8. The zero-order valence-corrected chi connectivity index (χ0v) is 25.0.